The highest BCUT2D eigenvalue weighted by Gasteiger charge is 2.25. The van der Waals surface area contributed by atoms with E-state index in [0.717, 1.165) is 39.0 Å². The Hall–Kier alpha value is -1.66. The van der Waals surface area contributed by atoms with Crippen LogP contribution in [0.5, 0.6) is 0 Å². The molecule has 0 bridgehead atoms. The molecule has 6 heteroatoms. The standard InChI is InChI=1S/C18H28N6/c1-12(2)24-10-14-8-20-15(7-16(14)22-24)6-13(3)17-11-23-5-4-19-9-18(23)21-17/h10-13,15,19-20H,4-9H2,1-3H3. The summed E-state index contributed by atoms with van der Waals surface area (Å²) in [7, 11) is 0. The maximum absolute atomic E-state index is 4.84. The van der Waals surface area contributed by atoms with Gasteiger partial charge in [0, 0.05) is 62.0 Å². The van der Waals surface area contributed by atoms with Crippen LogP contribution in [0.1, 0.15) is 61.9 Å². The summed E-state index contributed by atoms with van der Waals surface area (Å²) in [5, 5.41) is 11.9. The summed E-state index contributed by atoms with van der Waals surface area (Å²) in [6.45, 7) is 10.6. The van der Waals surface area contributed by atoms with Crippen molar-refractivity contribution in [1.29, 1.82) is 0 Å². The van der Waals surface area contributed by atoms with Gasteiger partial charge >= 0.3 is 0 Å². The zero-order valence-corrected chi connectivity index (χ0v) is 14.9. The molecule has 0 amide bonds. The molecule has 6 nitrogen and oxygen atoms in total. The molecule has 0 radical (unpaired) electrons. The molecule has 4 heterocycles. The first-order valence-electron chi connectivity index (χ1n) is 9.17. The van der Waals surface area contributed by atoms with Crippen molar-refractivity contribution in [2.45, 2.75) is 71.2 Å². The lowest BCUT2D eigenvalue weighted by Crippen LogP contribution is -2.36. The van der Waals surface area contributed by atoms with Crippen LogP contribution in [0, 0.1) is 0 Å². The van der Waals surface area contributed by atoms with E-state index in [1.165, 1.54) is 22.8 Å². The van der Waals surface area contributed by atoms with Crippen LogP contribution in [0.4, 0.5) is 0 Å². The highest BCUT2D eigenvalue weighted by Crippen LogP contribution is 2.25. The molecular formula is C18H28N6. The number of nitrogens with zero attached hydrogens (tertiary/aromatic N) is 4. The Bertz CT molecular complexity index is 690. The molecule has 130 valence electrons. The van der Waals surface area contributed by atoms with Gasteiger partial charge in [-0.1, -0.05) is 6.92 Å². The van der Waals surface area contributed by atoms with E-state index in [2.05, 4.69) is 53.0 Å². The molecule has 4 rings (SSSR count). The fourth-order valence-electron chi connectivity index (χ4n) is 3.77. The number of rotatable bonds is 4. The number of nitrogens with one attached hydrogen (secondary N) is 2. The Morgan fingerprint density at radius 2 is 2.12 bits per heavy atom. The van der Waals surface area contributed by atoms with Crippen molar-refractivity contribution in [3.8, 4) is 0 Å². The molecule has 2 aliphatic heterocycles. The molecule has 24 heavy (non-hydrogen) atoms. The van der Waals surface area contributed by atoms with E-state index in [0.29, 0.717) is 18.0 Å². The molecule has 0 saturated carbocycles. The lowest BCUT2D eigenvalue weighted by atomic mass is 9.93. The van der Waals surface area contributed by atoms with Crippen LogP contribution in [0.3, 0.4) is 0 Å². The van der Waals surface area contributed by atoms with Crippen LogP contribution < -0.4 is 10.6 Å². The molecule has 2 aliphatic rings. The third-order valence-corrected chi connectivity index (χ3v) is 5.28. The van der Waals surface area contributed by atoms with Gasteiger partial charge in [-0.3, -0.25) is 4.68 Å². The number of fused-ring (bicyclic) bond motifs is 2. The summed E-state index contributed by atoms with van der Waals surface area (Å²) in [5.41, 5.74) is 3.86. The second-order valence-corrected chi connectivity index (χ2v) is 7.55. The van der Waals surface area contributed by atoms with Gasteiger partial charge in [0.15, 0.2) is 0 Å². The Kier molecular flexibility index (Phi) is 4.18. The van der Waals surface area contributed by atoms with Crippen LogP contribution in [-0.4, -0.2) is 31.9 Å². The van der Waals surface area contributed by atoms with Crippen molar-refractivity contribution < 1.29 is 0 Å². The predicted octanol–water partition coefficient (Wildman–Crippen LogP) is 1.97. The number of hydrogen-bond acceptors (Lipinski definition) is 4. The smallest absolute Gasteiger partial charge is 0.123 e. The van der Waals surface area contributed by atoms with Gasteiger partial charge in [0.2, 0.25) is 0 Å². The maximum Gasteiger partial charge on any atom is 0.123 e. The Morgan fingerprint density at radius 1 is 1.25 bits per heavy atom. The summed E-state index contributed by atoms with van der Waals surface area (Å²) in [5.74, 6) is 1.65. The predicted molar refractivity (Wildman–Crippen MR) is 93.9 cm³/mol. The lowest BCUT2D eigenvalue weighted by Gasteiger charge is -2.25. The molecule has 0 saturated heterocycles. The minimum absolute atomic E-state index is 0.429. The molecule has 2 aromatic heterocycles. The molecule has 2 unspecified atom stereocenters. The van der Waals surface area contributed by atoms with Crippen LogP contribution >= 0.6 is 0 Å². The summed E-state index contributed by atoms with van der Waals surface area (Å²) < 4.78 is 4.40. The fourth-order valence-corrected chi connectivity index (χ4v) is 3.77. The number of aromatic nitrogens is 4. The van der Waals surface area contributed by atoms with Crippen molar-refractivity contribution in [2.24, 2.45) is 0 Å². The first-order valence-corrected chi connectivity index (χ1v) is 9.17. The second kappa shape index (κ2) is 6.33. The van der Waals surface area contributed by atoms with E-state index in [1.54, 1.807) is 0 Å². The van der Waals surface area contributed by atoms with E-state index >= 15 is 0 Å². The fraction of sp³-hybridized carbons (Fsp3) is 0.667. The quantitative estimate of drug-likeness (QED) is 0.901. The van der Waals surface area contributed by atoms with Gasteiger partial charge in [-0.2, -0.15) is 5.10 Å². The SMILES string of the molecule is CC(CC1Cc2nn(C(C)C)cc2CN1)c1cn2c(n1)CNCC2. The van der Waals surface area contributed by atoms with E-state index in [-0.39, 0.29) is 0 Å². The van der Waals surface area contributed by atoms with Gasteiger partial charge in [-0.25, -0.2) is 4.98 Å². The molecule has 2 N–H and O–H groups in total. The van der Waals surface area contributed by atoms with Gasteiger partial charge in [-0.15, -0.1) is 0 Å². The van der Waals surface area contributed by atoms with Crippen LogP contribution in [0.25, 0.3) is 0 Å². The van der Waals surface area contributed by atoms with E-state index in [9.17, 15) is 0 Å². The number of hydrogen-bond donors (Lipinski definition) is 2. The average Bonchev–Trinajstić information content (AvgIpc) is 3.18. The summed E-state index contributed by atoms with van der Waals surface area (Å²) in [6.07, 6.45) is 6.58. The first kappa shape index (κ1) is 15.8. The topological polar surface area (TPSA) is 59.7 Å². The average molecular weight is 328 g/mol. The van der Waals surface area contributed by atoms with Crippen LogP contribution in [0.15, 0.2) is 12.4 Å². The summed E-state index contributed by atoms with van der Waals surface area (Å²) in [4.78, 5) is 4.84. The monoisotopic (exact) mass is 328 g/mol. The van der Waals surface area contributed by atoms with Crippen molar-refractivity contribution in [3.63, 3.8) is 0 Å². The first-order chi connectivity index (χ1) is 11.6. The summed E-state index contributed by atoms with van der Waals surface area (Å²) >= 11 is 0. The van der Waals surface area contributed by atoms with Crippen molar-refractivity contribution in [3.05, 3.63) is 35.2 Å². The van der Waals surface area contributed by atoms with Crippen LogP contribution in [-0.2, 0) is 26.1 Å². The second-order valence-electron chi connectivity index (χ2n) is 7.55. The zero-order valence-electron chi connectivity index (χ0n) is 14.9. The van der Waals surface area contributed by atoms with E-state index in [1.807, 2.05) is 0 Å². The van der Waals surface area contributed by atoms with Gasteiger partial charge < -0.3 is 15.2 Å². The normalized spacial score (nSPS) is 21.6. The molecule has 0 aromatic carbocycles. The maximum atomic E-state index is 4.84. The Morgan fingerprint density at radius 3 is 2.92 bits per heavy atom. The third-order valence-electron chi connectivity index (χ3n) is 5.28. The van der Waals surface area contributed by atoms with E-state index in [4.69, 9.17) is 10.1 Å². The highest BCUT2D eigenvalue weighted by atomic mass is 15.3. The molecular weight excluding hydrogens is 300 g/mol. The highest BCUT2D eigenvalue weighted by molar-refractivity contribution is 5.22. The third kappa shape index (κ3) is 3.00. The van der Waals surface area contributed by atoms with Gasteiger partial charge in [0.05, 0.1) is 17.9 Å². The van der Waals surface area contributed by atoms with Crippen LogP contribution in [0.2, 0.25) is 0 Å². The Balaban J connectivity index is 1.42. The number of imidazole rings is 1. The van der Waals surface area contributed by atoms with Gasteiger partial charge in [0.1, 0.15) is 5.82 Å². The summed E-state index contributed by atoms with van der Waals surface area (Å²) in [6, 6.07) is 0.915. The Labute approximate surface area is 143 Å². The minimum Gasteiger partial charge on any atom is -0.332 e. The zero-order chi connectivity index (χ0) is 16.7. The van der Waals surface area contributed by atoms with Crippen molar-refractivity contribution in [1.82, 2.24) is 30.0 Å². The molecule has 0 fully saturated rings. The minimum atomic E-state index is 0.429. The molecule has 2 atom stereocenters. The van der Waals surface area contributed by atoms with Gasteiger partial charge in [0.25, 0.3) is 0 Å². The van der Waals surface area contributed by atoms with Crippen molar-refractivity contribution >= 4 is 0 Å². The molecule has 2 aromatic rings. The molecule has 0 spiro atoms. The van der Waals surface area contributed by atoms with Gasteiger partial charge in [-0.05, 0) is 20.3 Å². The lowest BCUT2D eigenvalue weighted by molar-refractivity contribution is 0.418. The van der Waals surface area contributed by atoms with Crippen molar-refractivity contribution in [2.75, 3.05) is 6.54 Å². The molecule has 0 aliphatic carbocycles. The largest absolute Gasteiger partial charge is 0.332 e. The van der Waals surface area contributed by atoms with E-state index < -0.39 is 0 Å².